The molecule has 0 spiro atoms. The summed E-state index contributed by atoms with van der Waals surface area (Å²) in [4.78, 5) is 2.32. The second-order valence-electron chi connectivity index (χ2n) is 4.63. The number of halogens is 1. The first kappa shape index (κ1) is 12.6. The van der Waals surface area contributed by atoms with E-state index in [0.29, 0.717) is 12.6 Å². The van der Waals surface area contributed by atoms with E-state index in [-0.39, 0.29) is 0 Å². The number of benzene rings is 1. The monoisotopic (exact) mass is 292 g/mol. The third-order valence-electron chi connectivity index (χ3n) is 3.41. The standard InChI is InChI=1S/C14H17BrN2/c15-13-7-5-12(6-8-13)11-17(10-9-16)14-3-1-2-4-14/h5-8,14H,1-4,10-11H2. The first-order valence-electron chi connectivity index (χ1n) is 6.15. The molecule has 0 amide bonds. The van der Waals surface area contributed by atoms with E-state index in [2.05, 4.69) is 51.2 Å². The Bertz CT molecular complexity index is 388. The van der Waals surface area contributed by atoms with Gasteiger partial charge in [0.25, 0.3) is 0 Å². The van der Waals surface area contributed by atoms with E-state index < -0.39 is 0 Å². The highest BCUT2D eigenvalue weighted by molar-refractivity contribution is 9.10. The SMILES string of the molecule is N#CCN(Cc1ccc(Br)cc1)C1CCCC1. The van der Waals surface area contributed by atoms with Crippen LogP contribution in [0.5, 0.6) is 0 Å². The van der Waals surface area contributed by atoms with Gasteiger partial charge in [-0.3, -0.25) is 4.90 Å². The molecule has 1 fully saturated rings. The lowest BCUT2D eigenvalue weighted by molar-refractivity contribution is 0.214. The third-order valence-corrected chi connectivity index (χ3v) is 3.94. The van der Waals surface area contributed by atoms with Gasteiger partial charge in [0.2, 0.25) is 0 Å². The highest BCUT2D eigenvalue weighted by atomic mass is 79.9. The van der Waals surface area contributed by atoms with E-state index in [4.69, 9.17) is 5.26 Å². The average molecular weight is 293 g/mol. The van der Waals surface area contributed by atoms with Crippen molar-refractivity contribution in [2.75, 3.05) is 6.54 Å². The molecule has 0 aliphatic heterocycles. The predicted molar refractivity (Wildman–Crippen MR) is 72.4 cm³/mol. The maximum absolute atomic E-state index is 8.92. The van der Waals surface area contributed by atoms with Crippen LogP contribution in [0.15, 0.2) is 28.7 Å². The Hall–Kier alpha value is -0.850. The minimum absolute atomic E-state index is 0.542. The Labute approximate surface area is 111 Å². The molecule has 1 saturated carbocycles. The van der Waals surface area contributed by atoms with Crippen LogP contribution in [0.25, 0.3) is 0 Å². The van der Waals surface area contributed by atoms with Gasteiger partial charge in [-0.2, -0.15) is 5.26 Å². The third kappa shape index (κ3) is 3.55. The molecule has 1 aromatic rings. The van der Waals surface area contributed by atoms with Gasteiger partial charge in [-0.25, -0.2) is 0 Å². The smallest absolute Gasteiger partial charge is 0.0871 e. The van der Waals surface area contributed by atoms with Gasteiger partial charge >= 0.3 is 0 Å². The first-order chi connectivity index (χ1) is 8.29. The summed E-state index contributed by atoms with van der Waals surface area (Å²) in [5.41, 5.74) is 1.29. The van der Waals surface area contributed by atoms with Crippen LogP contribution in [0.2, 0.25) is 0 Å². The highest BCUT2D eigenvalue weighted by Crippen LogP contribution is 2.24. The largest absolute Gasteiger partial charge is 0.283 e. The molecule has 2 rings (SSSR count). The molecule has 0 heterocycles. The van der Waals surface area contributed by atoms with Crippen LogP contribution < -0.4 is 0 Å². The summed E-state index contributed by atoms with van der Waals surface area (Å²) in [6, 6.07) is 11.3. The van der Waals surface area contributed by atoms with E-state index >= 15 is 0 Å². The number of rotatable bonds is 4. The molecule has 2 nitrogen and oxygen atoms in total. The molecule has 90 valence electrons. The van der Waals surface area contributed by atoms with E-state index in [9.17, 15) is 0 Å². The van der Waals surface area contributed by atoms with Gasteiger partial charge in [-0.1, -0.05) is 40.9 Å². The summed E-state index contributed by atoms with van der Waals surface area (Å²) in [6.07, 6.45) is 5.12. The Morgan fingerprint density at radius 3 is 2.47 bits per heavy atom. The summed E-state index contributed by atoms with van der Waals surface area (Å²) in [6.45, 7) is 1.44. The fourth-order valence-corrected chi connectivity index (χ4v) is 2.76. The molecule has 1 aliphatic carbocycles. The molecule has 0 unspecified atom stereocenters. The van der Waals surface area contributed by atoms with Gasteiger partial charge in [-0.05, 0) is 30.5 Å². The number of nitriles is 1. The van der Waals surface area contributed by atoms with E-state index in [0.717, 1.165) is 11.0 Å². The van der Waals surface area contributed by atoms with Crippen molar-refractivity contribution in [2.45, 2.75) is 38.3 Å². The lowest BCUT2D eigenvalue weighted by Gasteiger charge is -2.26. The molecule has 3 heteroatoms. The molecule has 0 bridgehead atoms. The molecule has 1 aliphatic rings. The molecular formula is C14H17BrN2. The Kier molecular flexibility index (Phi) is 4.58. The number of hydrogen-bond donors (Lipinski definition) is 0. The summed E-state index contributed by atoms with van der Waals surface area (Å²) in [7, 11) is 0. The van der Waals surface area contributed by atoms with Gasteiger partial charge in [0.05, 0.1) is 12.6 Å². The van der Waals surface area contributed by atoms with Crippen LogP contribution in [-0.2, 0) is 6.54 Å². The van der Waals surface area contributed by atoms with Gasteiger partial charge < -0.3 is 0 Å². The van der Waals surface area contributed by atoms with Gasteiger partial charge in [-0.15, -0.1) is 0 Å². The Morgan fingerprint density at radius 2 is 1.88 bits per heavy atom. The average Bonchev–Trinajstić information content (AvgIpc) is 2.85. The van der Waals surface area contributed by atoms with Crippen molar-refractivity contribution < 1.29 is 0 Å². The van der Waals surface area contributed by atoms with Crippen molar-refractivity contribution in [1.29, 1.82) is 5.26 Å². The quantitative estimate of drug-likeness (QED) is 0.791. The van der Waals surface area contributed by atoms with E-state index in [1.54, 1.807) is 0 Å². The van der Waals surface area contributed by atoms with Crippen molar-refractivity contribution in [3.63, 3.8) is 0 Å². The zero-order valence-corrected chi connectivity index (χ0v) is 11.5. The minimum Gasteiger partial charge on any atom is -0.283 e. The maximum atomic E-state index is 8.92. The van der Waals surface area contributed by atoms with Crippen molar-refractivity contribution >= 4 is 15.9 Å². The molecule has 0 saturated heterocycles. The van der Waals surface area contributed by atoms with Crippen molar-refractivity contribution in [1.82, 2.24) is 4.90 Å². The fourth-order valence-electron chi connectivity index (χ4n) is 2.50. The minimum atomic E-state index is 0.542. The summed E-state index contributed by atoms with van der Waals surface area (Å²) in [5, 5.41) is 8.92. The normalized spacial score (nSPS) is 16.3. The van der Waals surface area contributed by atoms with Crippen molar-refractivity contribution in [2.24, 2.45) is 0 Å². The van der Waals surface area contributed by atoms with Crippen molar-refractivity contribution in [3.8, 4) is 6.07 Å². The molecule has 0 atom stereocenters. The lowest BCUT2D eigenvalue weighted by Crippen LogP contribution is -2.33. The highest BCUT2D eigenvalue weighted by Gasteiger charge is 2.22. The Balaban J connectivity index is 2.01. The van der Waals surface area contributed by atoms with Crippen LogP contribution in [-0.4, -0.2) is 17.5 Å². The summed E-state index contributed by atoms with van der Waals surface area (Å²) < 4.78 is 1.11. The molecule has 0 aromatic heterocycles. The molecule has 0 radical (unpaired) electrons. The zero-order chi connectivity index (χ0) is 12.1. The molecular weight excluding hydrogens is 276 g/mol. The molecule has 17 heavy (non-hydrogen) atoms. The van der Waals surface area contributed by atoms with Crippen molar-refractivity contribution in [3.05, 3.63) is 34.3 Å². The van der Waals surface area contributed by atoms with Gasteiger partial charge in [0.1, 0.15) is 0 Å². The summed E-state index contributed by atoms with van der Waals surface area (Å²) in [5.74, 6) is 0. The number of hydrogen-bond acceptors (Lipinski definition) is 2. The Morgan fingerprint density at radius 1 is 1.24 bits per heavy atom. The van der Waals surface area contributed by atoms with E-state index in [1.165, 1.54) is 31.2 Å². The van der Waals surface area contributed by atoms with Crippen LogP contribution in [0, 0.1) is 11.3 Å². The topological polar surface area (TPSA) is 27.0 Å². The molecule has 1 aromatic carbocycles. The van der Waals surface area contributed by atoms with E-state index in [1.807, 2.05) is 0 Å². The number of nitrogens with zero attached hydrogens (tertiary/aromatic N) is 2. The fraction of sp³-hybridized carbons (Fsp3) is 0.500. The van der Waals surface area contributed by atoms with Crippen LogP contribution in [0.1, 0.15) is 31.2 Å². The predicted octanol–water partition coefficient (Wildman–Crippen LogP) is 3.72. The van der Waals surface area contributed by atoms with Crippen LogP contribution in [0.4, 0.5) is 0 Å². The maximum Gasteiger partial charge on any atom is 0.0871 e. The van der Waals surface area contributed by atoms with Gasteiger partial charge in [0.15, 0.2) is 0 Å². The van der Waals surface area contributed by atoms with Crippen LogP contribution >= 0.6 is 15.9 Å². The second kappa shape index (κ2) is 6.18. The lowest BCUT2D eigenvalue weighted by atomic mass is 10.1. The first-order valence-corrected chi connectivity index (χ1v) is 6.94. The zero-order valence-electron chi connectivity index (χ0n) is 9.90. The second-order valence-corrected chi connectivity index (χ2v) is 5.54. The van der Waals surface area contributed by atoms with Crippen LogP contribution in [0.3, 0.4) is 0 Å². The summed E-state index contributed by atoms with van der Waals surface area (Å²) >= 11 is 3.44. The molecule has 0 N–H and O–H groups in total. The van der Waals surface area contributed by atoms with Gasteiger partial charge in [0, 0.05) is 17.1 Å².